The van der Waals surface area contributed by atoms with Gasteiger partial charge in [0.15, 0.2) is 5.57 Å². The van der Waals surface area contributed by atoms with Crippen LogP contribution >= 0.6 is 0 Å². The van der Waals surface area contributed by atoms with Gasteiger partial charge >= 0.3 is 5.97 Å². The van der Waals surface area contributed by atoms with Gasteiger partial charge in [-0.3, -0.25) is 0 Å². The van der Waals surface area contributed by atoms with Crippen LogP contribution in [-0.4, -0.2) is 12.6 Å². The molecule has 1 aliphatic carbocycles. The summed E-state index contributed by atoms with van der Waals surface area (Å²) in [5.74, 6) is -0.0909. The maximum atomic E-state index is 11.7. The Bertz CT molecular complexity index is 572. The third-order valence-electron chi connectivity index (χ3n) is 4.02. The molecule has 2 unspecified atom stereocenters. The number of nitrogens with two attached hydrogens (primary N) is 1. The molecule has 0 heterocycles. The molecule has 1 aromatic carbocycles. The zero-order chi connectivity index (χ0) is 15.2. The third-order valence-corrected chi connectivity index (χ3v) is 4.02. The Kier molecular flexibility index (Phi) is 4.99. The average Bonchev–Trinajstić information content (AvgIpc) is 2.99. The maximum absolute atomic E-state index is 11.7. The van der Waals surface area contributed by atoms with Gasteiger partial charge in [-0.25, -0.2) is 4.79 Å². The number of allylic oxidation sites excluding steroid dienone is 1. The molecule has 4 heteroatoms. The molecule has 2 N–H and O–H groups in total. The van der Waals surface area contributed by atoms with E-state index in [0.717, 1.165) is 19.3 Å². The lowest BCUT2D eigenvalue weighted by Crippen LogP contribution is -2.18. The first kappa shape index (κ1) is 15.1. The van der Waals surface area contributed by atoms with Gasteiger partial charge in [0.1, 0.15) is 6.07 Å². The molecular weight excluding hydrogens is 264 g/mol. The minimum atomic E-state index is -0.610. The number of esters is 1. The lowest BCUT2D eigenvalue weighted by Gasteiger charge is -2.13. The predicted molar refractivity (Wildman–Crippen MR) is 80.0 cm³/mol. The summed E-state index contributed by atoms with van der Waals surface area (Å²) in [4.78, 5) is 11.7. The summed E-state index contributed by atoms with van der Waals surface area (Å²) >= 11 is 0. The SMILES string of the molecule is CCOC(=O)/C(C#N)=C(/N)C1CCC(c2ccccc2)C1. The van der Waals surface area contributed by atoms with Crippen LogP contribution in [0.5, 0.6) is 0 Å². The molecule has 2 atom stereocenters. The third kappa shape index (κ3) is 3.43. The summed E-state index contributed by atoms with van der Waals surface area (Å²) in [5.41, 5.74) is 7.71. The summed E-state index contributed by atoms with van der Waals surface area (Å²) in [6, 6.07) is 12.2. The van der Waals surface area contributed by atoms with E-state index in [-0.39, 0.29) is 18.1 Å². The predicted octanol–water partition coefficient (Wildman–Crippen LogP) is 2.87. The number of ether oxygens (including phenoxy) is 1. The van der Waals surface area contributed by atoms with Crippen LogP contribution in [0, 0.1) is 17.2 Å². The molecule has 1 fully saturated rings. The van der Waals surface area contributed by atoms with Gasteiger partial charge in [0.25, 0.3) is 0 Å². The van der Waals surface area contributed by atoms with Crippen molar-refractivity contribution in [1.82, 2.24) is 0 Å². The van der Waals surface area contributed by atoms with Crippen molar-refractivity contribution >= 4 is 5.97 Å². The largest absolute Gasteiger partial charge is 0.462 e. The van der Waals surface area contributed by atoms with Crippen LogP contribution in [0.2, 0.25) is 0 Å². The van der Waals surface area contributed by atoms with Gasteiger partial charge in [-0.05, 0) is 37.7 Å². The molecule has 1 aromatic rings. The monoisotopic (exact) mass is 284 g/mol. The maximum Gasteiger partial charge on any atom is 0.350 e. The molecule has 21 heavy (non-hydrogen) atoms. The topological polar surface area (TPSA) is 76.1 Å². The molecule has 1 saturated carbocycles. The van der Waals surface area contributed by atoms with Gasteiger partial charge in [-0.15, -0.1) is 0 Å². The Balaban J connectivity index is 2.13. The van der Waals surface area contributed by atoms with Gasteiger partial charge in [0.2, 0.25) is 0 Å². The number of carbonyl (C=O) groups excluding carboxylic acids is 1. The summed E-state index contributed by atoms with van der Waals surface area (Å²) in [5, 5.41) is 9.15. The fourth-order valence-electron chi connectivity index (χ4n) is 2.93. The molecule has 0 radical (unpaired) electrons. The molecule has 0 bridgehead atoms. The van der Waals surface area contributed by atoms with Crippen molar-refractivity contribution in [2.45, 2.75) is 32.1 Å². The van der Waals surface area contributed by atoms with Crippen LogP contribution in [0.3, 0.4) is 0 Å². The number of nitrogens with zero attached hydrogens (tertiary/aromatic N) is 1. The summed E-state index contributed by atoms with van der Waals surface area (Å²) < 4.78 is 4.89. The van der Waals surface area contributed by atoms with E-state index in [2.05, 4.69) is 12.1 Å². The lowest BCUT2D eigenvalue weighted by molar-refractivity contribution is -0.138. The molecule has 0 saturated heterocycles. The first-order valence-corrected chi connectivity index (χ1v) is 7.29. The van der Waals surface area contributed by atoms with Crippen LogP contribution < -0.4 is 5.73 Å². The van der Waals surface area contributed by atoms with E-state index in [0.29, 0.717) is 11.6 Å². The molecule has 110 valence electrons. The molecule has 0 aliphatic heterocycles. The second-order valence-electron chi connectivity index (χ2n) is 5.28. The first-order chi connectivity index (χ1) is 10.2. The van der Waals surface area contributed by atoms with Crippen molar-refractivity contribution in [2.24, 2.45) is 11.7 Å². The van der Waals surface area contributed by atoms with Crippen LogP contribution in [0.4, 0.5) is 0 Å². The zero-order valence-corrected chi connectivity index (χ0v) is 12.2. The van der Waals surface area contributed by atoms with Gasteiger partial charge < -0.3 is 10.5 Å². The van der Waals surface area contributed by atoms with Crippen LogP contribution in [0.15, 0.2) is 41.6 Å². The number of carbonyl (C=O) groups is 1. The molecule has 1 aliphatic rings. The summed E-state index contributed by atoms with van der Waals surface area (Å²) in [6.07, 6.45) is 2.80. The molecule has 0 spiro atoms. The molecule has 4 nitrogen and oxygen atoms in total. The van der Waals surface area contributed by atoms with Crippen molar-refractivity contribution < 1.29 is 9.53 Å². The minimum Gasteiger partial charge on any atom is -0.462 e. The van der Waals surface area contributed by atoms with E-state index in [1.165, 1.54) is 5.56 Å². The highest BCUT2D eigenvalue weighted by molar-refractivity contribution is 5.93. The lowest BCUT2D eigenvalue weighted by atomic mass is 9.94. The second kappa shape index (κ2) is 6.94. The van der Waals surface area contributed by atoms with E-state index in [1.54, 1.807) is 6.92 Å². The van der Waals surface area contributed by atoms with Gasteiger partial charge in [-0.2, -0.15) is 5.26 Å². The van der Waals surface area contributed by atoms with Gasteiger partial charge in [0.05, 0.1) is 6.61 Å². The summed E-state index contributed by atoms with van der Waals surface area (Å²) in [7, 11) is 0. The molecule has 2 rings (SSSR count). The zero-order valence-electron chi connectivity index (χ0n) is 12.2. The van der Waals surface area contributed by atoms with E-state index in [4.69, 9.17) is 15.7 Å². The average molecular weight is 284 g/mol. The Morgan fingerprint density at radius 1 is 1.38 bits per heavy atom. The fourth-order valence-corrected chi connectivity index (χ4v) is 2.93. The van der Waals surface area contributed by atoms with E-state index in [9.17, 15) is 4.79 Å². The van der Waals surface area contributed by atoms with E-state index in [1.807, 2.05) is 24.3 Å². The first-order valence-electron chi connectivity index (χ1n) is 7.29. The number of benzene rings is 1. The Hall–Kier alpha value is -2.28. The molecule has 0 aromatic heterocycles. The summed E-state index contributed by atoms with van der Waals surface area (Å²) in [6.45, 7) is 1.96. The van der Waals surface area contributed by atoms with Gasteiger partial charge in [0, 0.05) is 11.6 Å². The highest BCUT2D eigenvalue weighted by Crippen LogP contribution is 2.40. The van der Waals surface area contributed by atoms with Crippen LogP contribution in [-0.2, 0) is 9.53 Å². The van der Waals surface area contributed by atoms with E-state index < -0.39 is 5.97 Å². The van der Waals surface area contributed by atoms with Crippen molar-refractivity contribution in [3.63, 3.8) is 0 Å². The fraction of sp³-hybridized carbons (Fsp3) is 0.412. The highest BCUT2D eigenvalue weighted by atomic mass is 16.5. The Morgan fingerprint density at radius 3 is 2.71 bits per heavy atom. The van der Waals surface area contributed by atoms with Gasteiger partial charge in [-0.1, -0.05) is 30.3 Å². The molecule has 0 amide bonds. The standard InChI is InChI=1S/C17H20N2O2/c1-2-21-17(20)15(11-18)16(19)14-9-8-13(10-14)12-6-4-3-5-7-12/h3-7,13-14H,2,8-10,19H2,1H3/b16-15+. The number of hydrogen-bond donors (Lipinski definition) is 1. The Labute approximate surface area is 125 Å². The Morgan fingerprint density at radius 2 is 2.10 bits per heavy atom. The van der Waals surface area contributed by atoms with Crippen molar-refractivity contribution in [3.05, 3.63) is 47.2 Å². The van der Waals surface area contributed by atoms with Crippen molar-refractivity contribution in [1.29, 1.82) is 5.26 Å². The number of nitriles is 1. The number of hydrogen-bond acceptors (Lipinski definition) is 4. The van der Waals surface area contributed by atoms with Crippen LogP contribution in [0.25, 0.3) is 0 Å². The molecular formula is C17H20N2O2. The van der Waals surface area contributed by atoms with Crippen molar-refractivity contribution in [3.8, 4) is 6.07 Å². The highest BCUT2D eigenvalue weighted by Gasteiger charge is 2.30. The van der Waals surface area contributed by atoms with E-state index >= 15 is 0 Å². The normalized spacial score (nSPS) is 22.3. The minimum absolute atomic E-state index is 0.0319. The van der Waals surface area contributed by atoms with Crippen LogP contribution in [0.1, 0.15) is 37.7 Å². The second-order valence-corrected chi connectivity index (χ2v) is 5.28. The van der Waals surface area contributed by atoms with Crippen molar-refractivity contribution in [2.75, 3.05) is 6.61 Å². The number of rotatable bonds is 4. The quantitative estimate of drug-likeness (QED) is 0.524. The smallest absolute Gasteiger partial charge is 0.350 e.